The molecule has 0 saturated heterocycles. The van der Waals surface area contributed by atoms with Gasteiger partial charge in [0.25, 0.3) is 0 Å². The Bertz CT molecular complexity index is 924. The molecule has 1 amide bonds. The van der Waals surface area contributed by atoms with Gasteiger partial charge in [0.15, 0.2) is 11.5 Å². The van der Waals surface area contributed by atoms with Crippen LogP contribution >= 0.6 is 11.3 Å². The van der Waals surface area contributed by atoms with Crippen molar-refractivity contribution in [3.8, 4) is 11.5 Å². The smallest absolute Gasteiger partial charge is 0.238 e. The summed E-state index contributed by atoms with van der Waals surface area (Å²) in [6.07, 6.45) is 0. The van der Waals surface area contributed by atoms with Crippen molar-refractivity contribution in [2.75, 3.05) is 31.6 Å². The van der Waals surface area contributed by atoms with Crippen LogP contribution in [-0.2, 0) is 11.3 Å². The molecule has 1 aromatic heterocycles. The Labute approximate surface area is 161 Å². The minimum absolute atomic E-state index is 0.0605. The monoisotopic (exact) mass is 383 g/mol. The molecule has 0 radical (unpaired) electrons. The zero-order valence-corrected chi connectivity index (χ0v) is 15.9. The van der Waals surface area contributed by atoms with Gasteiger partial charge in [-0.2, -0.15) is 0 Å². The quantitative estimate of drug-likeness (QED) is 0.706. The Morgan fingerprint density at radius 3 is 2.81 bits per heavy atom. The molecule has 3 aromatic rings. The van der Waals surface area contributed by atoms with E-state index in [-0.39, 0.29) is 5.91 Å². The van der Waals surface area contributed by atoms with Gasteiger partial charge >= 0.3 is 0 Å². The number of carbonyl (C=O) groups is 1. The summed E-state index contributed by atoms with van der Waals surface area (Å²) in [7, 11) is 0. The maximum Gasteiger partial charge on any atom is 0.238 e. The Morgan fingerprint density at radius 1 is 1.19 bits per heavy atom. The molecule has 0 aliphatic carbocycles. The number of aromatic nitrogens is 1. The number of hydrogen-bond acceptors (Lipinski definition) is 6. The van der Waals surface area contributed by atoms with Crippen LogP contribution in [0.1, 0.15) is 11.9 Å². The summed E-state index contributed by atoms with van der Waals surface area (Å²) >= 11 is 1.67. The van der Waals surface area contributed by atoms with Crippen molar-refractivity contribution >= 4 is 33.1 Å². The van der Waals surface area contributed by atoms with Gasteiger partial charge in [0, 0.05) is 11.8 Å². The summed E-state index contributed by atoms with van der Waals surface area (Å²) in [5, 5.41) is 3.95. The van der Waals surface area contributed by atoms with Gasteiger partial charge < -0.3 is 14.8 Å². The zero-order valence-electron chi connectivity index (χ0n) is 15.1. The molecule has 0 bridgehead atoms. The van der Waals surface area contributed by atoms with E-state index in [2.05, 4.69) is 21.3 Å². The predicted molar refractivity (Wildman–Crippen MR) is 107 cm³/mol. The van der Waals surface area contributed by atoms with Gasteiger partial charge in [-0.15, -0.1) is 11.3 Å². The number of para-hydroxylation sites is 1. The molecule has 1 N–H and O–H groups in total. The fourth-order valence-corrected chi connectivity index (χ4v) is 3.99. The number of rotatable bonds is 6. The number of anilines is 1. The number of amides is 1. The summed E-state index contributed by atoms with van der Waals surface area (Å²) in [6, 6.07) is 13.5. The highest BCUT2D eigenvalue weighted by atomic mass is 32.1. The molecular formula is C20H21N3O3S. The maximum absolute atomic E-state index is 12.5. The lowest BCUT2D eigenvalue weighted by Crippen LogP contribution is -2.32. The molecule has 0 spiro atoms. The molecule has 2 heterocycles. The van der Waals surface area contributed by atoms with Crippen LogP contribution in [0.25, 0.3) is 10.2 Å². The first-order valence-corrected chi connectivity index (χ1v) is 9.79. The summed E-state index contributed by atoms with van der Waals surface area (Å²) in [5.74, 6) is 1.32. The standard InChI is InChI=1S/C20H21N3O3S/c1-2-23(13-20-22-15-5-3-4-6-18(15)27-20)12-19(24)21-14-7-8-16-17(11-14)26-10-9-25-16/h3-8,11H,2,9-10,12-13H2,1H3,(H,21,24). The normalized spacial score (nSPS) is 13.1. The molecule has 2 aromatic carbocycles. The minimum atomic E-state index is -0.0605. The number of thiazole rings is 1. The molecule has 0 fully saturated rings. The third-order valence-corrected chi connectivity index (χ3v) is 5.36. The fraction of sp³-hybridized carbons (Fsp3) is 0.300. The van der Waals surface area contributed by atoms with Crippen molar-refractivity contribution in [3.63, 3.8) is 0 Å². The van der Waals surface area contributed by atoms with E-state index in [1.165, 1.54) is 4.70 Å². The third kappa shape index (κ3) is 4.20. The van der Waals surface area contributed by atoms with Gasteiger partial charge in [0.2, 0.25) is 5.91 Å². The molecule has 27 heavy (non-hydrogen) atoms. The van der Waals surface area contributed by atoms with Crippen LogP contribution in [0.4, 0.5) is 5.69 Å². The van der Waals surface area contributed by atoms with E-state index in [4.69, 9.17) is 9.47 Å². The van der Waals surface area contributed by atoms with Crippen molar-refractivity contribution in [2.24, 2.45) is 0 Å². The Morgan fingerprint density at radius 2 is 2.00 bits per heavy atom. The van der Waals surface area contributed by atoms with Gasteiger partial charge in [-0.05, 0) is 30.8 Å². The lowest BCUT2D eigenvalue weighted by molar-refractivity contribution is -0.117. The highest BCUT2D eigenvalue weighted by Gasteiger charge is 2.15. The molecule has 1 aliphatic heterocycles. The number of hydrogen-bond donors (Lipinski definition) is 1. The Kier molecular flexibility index (Phi) is 5.22. The maximum atomic E-state index is 12.5. The highest BCUT2D eigenvalue weighted by Crippen LogP contribution is 2.32. The predicted octanol–water partition coefficient (Wildman–Crippen LogP) is 3.53. The molecule has 1 aliphatic rings. The second-order valence-corrected chi connectivity index (χ2v) is 7.40. The van der Waals surface area contributed by atoms with Gasteiger partial charge in [-0.25, -0.2) is 4.98 Å². The summed E-state index contributed by atoms with van der Waals surface area (Å²) in [5.41, 5.74) is 1.72. The first-order chi connectivity index (χ1) is 13.2. The van der Waals surface area contributed by atoms with E-state index in [1.54, 1.807) is 17.4 Å². The van der Waals surface area contributed by atoms with E-state index in [1.807, 2.05) is 37.3 Å². The van der Waals surface area contributed by atoms with Crippen molar-refractivity contribution in [3.05, 3.63) is 47.5 Å². The fourth-order valence-electron chi connectivity index (χ4n) is 2.98. The van der Waals surface area contributed by atoms with E-state index < -0.39 is 0 Å². The molecule has 0 unspecified atom stereocenters. The molecule has 4 rings (SSSR count). The number of nitrogens with zero attached hydrogens (tertiary/aromatic N) is 2. The van der Waals surface area contributed by atoms with Crippen LogP contribution in [0.5, 0.6) is 11.5 Å². The minimum Gasteiger partial charge on any atom is -0.486 e. The third-order valence-electron chi connectivity index (χ3n) is 4.34. The first kappa shape index (κ1) is 17.8. The average Bonchev–Trinajstić information content (AvgIpc) is 3.09. The van der Waals surface area contributed by atoms with Crippen LogP contribution in [0, 0.1) is 0 Å². The van der Waals surface area contributed by atoms with E-state index in [9.17, 15) is 4.79 Å². The topological polar surface area (TPSA) is 63.7 Å². The summed E-state index contributed by atoms with van der Waals surface area (Å²) < 4.78 is 12.2. The molecule has 0 atom stereocenters. The molecule has 6 nitrogen and oxygen atoms in total. The average molecular weight is 383 g/mol. The lowest BCUT2D eigenvalue weighted by atomic mass is 10.2. The van der Waals surface area contributed by atoms with Gasteiger partial charge in [0.05, 0.1) is 23.3 Å². The molecule has 140 valence electrons. The summed E-state index contributed by atoms with van der Waals surface area (Å²) in [6.45, 7) is 4.85. The Hall–Kier alpha value is -2.64. The van der Waals surface area contributed by atoms with Crippen LogP contribution < -0.4 is 14.8 Å². The highest BCUT2D eigenvalue weighted by molar-refractivity contribution is 7.18. The van der Waals surface area contributed by atoms with Crippen molar-refractivity contribution in [2.45, 2.75) is 13.5 Å². The van der Waals surface area contributed by atoms with Gasteiger partial charge in [-0.3, -0.25) is 9.69 Å². The van der Waals surface area contributed by atoms with Crippen LogP contribution in [-0.4, -0.2) is 42.1 Å². The number of nitrogens with one attached hydrogen (secondary N) is 1. The van der Waals surface area contributed by atoms with Crippen molar-refractivity contribution in [1.29, 1.82) is 0 Å². The van der Waals surface area contributed by atoms with Gasteiger partial charge in [-0.1, -0.05) is 19.1 Å². The largest absolute Gasteiger partial charge is 0.486 e. The second-order valence-electron chi connectivity index (χ2n) is 6.29. The number of carbonyl (C=O) groups excluding carboxylic acids is 1. The molecule has 0 saturated carbocycles. The van der Waals surface area contributed by atoms with E-state index >= 15 is 0 Å². The first-order valence-electron chi connectivity index (χ1n) is 8.97. The number of ether oxygens (including phenoxy) is 2. The molecular weight excluding hydrogens is 362 g/mol. The number of likely N-dealkylation sites (N-methyl/N-ethyl adjacent to an activating group) is 1. The zero-order chi connectivity index (χ0) is 18.6. The van der Waals surface area contributed by atoms with Crippen molar-refractivity contribution in [1.82, 2.24) is 9.88 Å². The Balaban J connectivity index is 1.38. The molecule has 7 heteroatoms. The number of benzene rings is 2. The SMILES string of the molecule is CCN(CC(=O)Nc1ccc2c(c1)OCCO2)Cc1nc2ccccc2s1. The van der Waals surface area contributed by atoms with Crippen molar-refractivity contribution < 1.29 is 14.3 Å². The lowest BCUT2D eigenvalue weighted by Gasteiger charge is -2.20. The van der Waals surface area contributed by atoms with Gasteiger partial charge in [0.1, 0.15) is 18.2 Å². The number of fused-ring (bicyclic) bond motifs is 2. The summed E-state index contributed by atoms with van der Waals surface area (Å²) in [4.78, 5) is 19.2. The second kappa shape index (κ2) is 7.94. The van der Waals surface area contributed by atoms with Crippen LogP contribution in [0.3, 0.4) is 0 Å². The van der Waals surface area contributed by atoms with E-state index in [0.29, 0.717) is 43.5 Å². The van der Waals surface area contributed by atoms with Crippen LogP contribution in [0.15, 0.2) is 42.5 Å². The van der Waals surface area contributed by atoms with E-state index in [0.717, 1.165) is 17.1 Å². The van der Waals surface area contributed by atoms with Crippen LogP contribution in [0.2, 0.25) is 0 Å².